The Kier molecular flexibility index (Phi) is 6.24. The Morgan fingerprint density at radius 2 is 1.93 bits per heavy atom. The molecule has 2 amide bonds. The first-order valence-electron chi connectivity index (χ1n) is 8.59. The van der Waals surface area contributed by atoms with Crippen molar-refractivity contribution >= 4 is 51.2 Å². The zero-order chi connectivity index (χ0) is 21.1. The summed E-state index contributed by atoms with van der Waals surface area (Å²) in [5.41, 5.74) is 0.135. The van der Waals surface area contributed by atoms with Crippen molar-refractivity contribution in [3.8, 4) is 0 Å². The molecule has 1 aliphatic rings. The lowest BCUT2D eigenvalue weighted by Gasteiger charge is -2.35. The quantitative estimate of drug-likeness (QED) is 0.624. The zero-order valence-electron chi connectivity index (χ0n) is 15.2. The first-order valence-corrected chi connectivity index (χ1v) is 9.76. The highest BCUT2D eigenvalue weighted by molar-refractivity contribution is 9.10. The van der Waals surface area contributed by atoms with Crippen LogP contribution in [0.25, 0.3) is 0 Å². The highest BCUT2D eigenvalue weighted by Gasteiger charge is 2.42. The van der Waals surface area contributed by atoms with Gasteiger partial charge in [-0.25, -0.2) is 14.4 Å². The summed E-state index contributed by atoms with van der Waals surface area (Å²) in [6.07, 6.45) is 0. The molecule has 0 aromatic heterocycles. The molecule has 29 heavy (non-hydrogen) atoms. The number of carbonyl (C=O) groups excluding carboxylic acids is 2. The van der Waals surface area contributed by atoms with Gasteiger partial charge in [-0.3, -0.25) is 4.90 Å². The van der Waals surface area contributed by atoms with Gasteiger partial charge >= 0.3 is 18.0 Å². The summed E-state index contributed by atoms with van der Waals surface area (Å²) < 4.78 is 5.78. The Morgan fingerprint density at radius 1 is 1.24 bits per heavy atom. The number of aliphatic carboxylic acids is 1. The average Bonchev–Trinajstić information content (AvgIpc) is 2.68. The molecule has 1 unspecified atom stereocenters. The molecule has 1 atom stereocenters. The van der Waals surface area contributed by atoms with Gasteiger partial charge < -0.3 is 15.2 Å². The van der Waals surface area contributed by atoms with Crippen LogP contribution in [-0.4, -0.2) is 29.7 Å². The van der Waals surface area contributed by atoms with E-state index in [-0.39, 0.29) is 23.6 Å². The Morgan fingerprint density at radius 3 is 2.52 bits per heavy atom. The van der Waals surface area contributed by atoms with E-state index in [0.717, 1.165) is 4.90 Å². The minimum Gasteiger partial charge on any atom is -0.478 e. The molecular weight excluding hydrogens is 464 g/mol. The highest BCUT2D eigenvalue weighted by atomic mass is 79.9. The van der Waals surface area contributed by atoms with Crippen molar-refractivity contribution in [1.82, 2.24) is 5.32 Å². The molecule has 2 aromatic carbocycles. The number of nitrogens with zero attached hydrogens (tertiary/aromatic N) is 1. The lowest BCUT2D eigenvalue weighted by atomic mass is 9.94. The predicted octanol–water partition coefficient (Wildman–Crippen LogP) is 4.28. The number of carboxylic acid groups (broad SMARTS) is 1. The van der Waals surface area contributed by atoms with Crippen LogP contribution in [0, 0.1) is 0 Å². The molecule has 7 nitrogen and oxygen atoms in total. The SMILES string of the molecule is CCOC(=O)C1=C(C(=O)O)C(c2cccc(Br)c2)NC(=O)N1c1ccc(Cl)cc1. The van der Waals surface area contributed by atoms with Gasteiger partial charge in [-0.15, -0.1) is 0 Å². The fraction of sp³-hybridized carbons (Fsp3) is 0.150. The van der Waals surface area contributed by atoms with Gasteiger partial charge in [-0.2, -0.15) is 0 Å². The second-order valence-corrected chi connectivity index (χ2v) is 7.39. The number of carbonyl (C=O) groups is 3. The third-order valence-electron chi connectivity index (χ3n) is 4.20. The maximum atomic E-state index is 13.0. The predicted molar refractivity (Wildman–Crippen MR) is 111 cm³/mol. The lowest BCUT2D eigenvalue weighted by molar-refractivity contribution is -0.140. The number of hydrogen-bond acceptors (Lipinski definition) is 4. The van der Waals surface area contributed by atoms with E-state index in [1.165, 1.54) is 24.3 Å². The molecule has 3 rings (SSSR count). The van der Waals surface area contributed by atoms with Crippen LogP contribution in [-0.2, 0) is 14.3 Å². The topological polar surface area (TPSA) is 95.9 Å². The third-order valence-corrected chi connectivity index (χ3v) is 4.95. The second kappa shape index (κ2) is 8.67. The van der Waals surface area contributed by atoms with Crippen molar-refractivity contribution in [2.75, 3.05) is 11.5 Å². The normalized spacial score (nSPS) is 16.4. The number of ether oxygens (including phenoxy) is 1. The molecule has 0 bridgehead atoms. The van der Waals surface area contributed by atoms with E-state index >= 15 is 0 Å². The van der Waals surface area contributed by atoms with Gasteiger partial charge in [0.1, 0.15) is 5.70 Å². The third kappa shape index (κ3) is 4.28. The fourth-order valence-corrected chi connectivity index (χ4v) is 3.56. The molecule has 0 radical (unpaired) electrons. The molecule has 0 saturated carbocycles. The number of rotatable bonds is 5. The van der Waals surface area contributed by atoms with Crippen molar-refractivity contribution in [1.29, 1.82) is 0 Å². The van der Waals surface area contributed by atoms with Gasteiger partial charge in [0.15, 0.2) is 0 Å². The summed E-state index contributed by atoms with van der Waals surface area (Å²) in [7, 11) is 0. The highest BCUT2D eigenvalue weighted by Crippen LogP contribution is 2.35. The van der Waals surface area contributed by atoms with Crippen LogP contribution >= 0.6 is 27.5 Å². The van der Waals surface area contributed by atoms with E-state index < -0.39 is 24.0 Å². The van der Waals surface area contributed by atoms with E-state index in [9.17, 15) is 19.5 Å². The van der Waals surface area contributed by atoms with E-state index in [2.05, 4.69) is 21.2 Å². The minimum absolute atomic E-state index is 0.0207. The minimum atomic E-state index is -1.35. The number of anilines is 1. The number of esters is 1. The maximum absolute atomic E-state index is 13.0. The summed E-state index contributed by atoms with van der Waals surface area (Å²) in [5, 5.41) is 13.0. The van der Waals surface area contributed by atoms with Gasteiger partial charge in [0.05, 0.1) is 23.9 Å². The number of benzene rings is 2. The van der Waals surface area contributed by atoms with Crippen LogP contribution in [0.1, 0.15) is 18.5 Å². The molecule has 0 aliphatic carbocycles. The first-order chi connectivity index (χ1) is 13.8. The summed E-state index contributed by atoms with van der Waals surface area (Å²) in [5.74, 6) is -2.26. The Balaban J connectivity index is 2.25. The number of nitrogens with one attached hydrogen (secondary N) is 1. The molecule has 0 saturated heterocycles. The summed E-state index contributed by atoms with van der Waals surface area (Å²) in [4.78, 5) is 38.9. The van der Waals surface area contributed by atoms with Crippen LogP contribution in [0.5, 0.6) is 0 Å². The van der Waals surface area contributed by atoms with Crippen LogP contribution in [0.15, 0.2) is 64.3 Å². The van der Waals surface area contributed by atoms with E-state index in [1.807, 2.05) is 0 Å². The van der Waals surface area contributed by atoms with Crippen molar-refractivity contribution < 1.29 is 24.2 Å². The smallest absolute Gasteiger partial charge is 0.356 e. The van der Waals surface area contributed by atoms with Crippen LogP contribution in [0.4, 0.5) is 10.5 Å². The molecule has 1 heterocycles. The number of halogens is 2. The van der Waals surface area contributed by atoms with Gasteiger partial charge in [-0.1, -0.05) is 39.7 Å². The van der Waals surface area contributed by atoms with Crippen molar-refractivity contribution in [3.05, 3.63) is 74.9 Å². The van der Waals surface area contributed by atoms with E-state index in [0.29, 0.717) is 15.1 Å². The molecule has 2 aromatic rings. The van der Waals surface area contributed by atoms with E-state index in [4.69, 9.17) is 16.3 Å². The van der Waals surface area contributed by atoms with E-state index in [1.54, 1.807) is 31.2 Å². The molecule has 150 valence electrons. The van der Waals surface area contributed by atoms with Crippen molar-refractivity contribution in [2.24, 2.45) is 0 Å². The van der Waals surface area contributed by atoms with Crippen LogP contribution in [0.3, 0.4) is 0 Å². The van der Waals surface area contributed by atoms with Crippen molar-refractivity contribution in [3.63, 3.8) is 0 Å². The Hall–Kier alpha value is -2.84. The zero-order valence-corrected chi connectivity index (χ0v) is 17.5. The summed E-state index contributed by atoms with van der Waals surface area (Å²) >= 11 is 9.25. The molecule has 1 aliphatic heterocycles. The van der Waals surface area contributed by atoms with Gasteiger partial charge in [0.2, 0.25) is 0 Å². The van der Waals surface area contributed by atoms with Crippen LogP contribution in [0.2, 0.25) is 5.02 Å². The van der Waals surface area contributed by atoms with Gasteiger partial charge in [-0.05, 0) is 48.9 Å². The Bertz CT molecular complexity index is 1010. The summed E-state index contributed by atoms with van der Waals surface area (Å²) in [6.45, 7) is 1.62. The fourth-order valence-electron chi connectivity index (χ4n) is 3.02. The molecule has 9 heteroatoms. The molecular formula is C20H16BrClN2O5. The number of carboxylic acids is 1. The summed E-state index contributed by atoms with van der Waals surface area (Å²) in [6, 6.07) is 11.2. The van der Waals surface area contributed by atoms with Crippen LogP contribution < -0.4 is 10.2 Å². The molecule has 2 N–H and O–H groups in total. The monoisotopic (exact) mass is 478 g/mol. The maximum Gasteiger partial charge on any atom is 0.356 e. The number of urea groups is 1. The van der Waals surface area contributed by atoms with Gasteiger partial charge in [0, 0.05) is 9.50 Å². The number of hydrogen-bond donors (Lipinski definition) is 2. The van der Waals surface area contributed by atoms with Gasteiger partial charge in [0.25, 0.3) is 0 Å². The lowest BCUT2D eigenvalue weighted by Crippen LogP contribution is -2.50. The second-order valence-electron chi connectivity index (χ2n) is 6.04. The molecule has 0 spiro atoms. The largest absolute Gasteiger partial charge is 0.478 e. The van der Waals surface area contributed by atoms with Crippen molar-refractivity contribution in [2.45, 2.75) is 13.0 Å². The first kappa shape index (κ1) is 20.9. The standard InChI is InChI=1S/C20H16BrClN2O5/c1-2-29-19(27)17-15(18(25)26)16(11-4-3-5-12(21)10-11)23-20(28)24(17)14-8-6-13(22)7-9-14/h3-10,16H,2H2,1H3,(H,23,28)(H,25,26). The molecule has 0 fully saturated rings. The number of amides is 2. The average molecular weight is 480 g/mol. The Labute approximate surface area is 180 Å².